The van der Waals surface area contributed by atoms with Gasteiger partial charge >= 0.3 is 0 Å². The minimum Gasteiger partial charge on any atom is -0.298 e. The first-order valence-electron chi connectivity index (χ1n) is 5.14. The summed E-state index contributed by atoms with van der Waals surface area (Å²) in [6.07, 6.45) is 0.770. The first-order chi connectivity index (χ1) is 5.88. The highest BCUT2D eigenvalue weighted by molar-refractivity contribution is 6.76. The highest BCUT2D eigenvalue weighted by atomic mass is 28.3. The van der Waals surface area contributed by atoms with Crippen LogP contribution in [-0.2, 0) is 4.79 Å². The van der Waals surface area contributed by atoms with Crippen LogP contribution in [0, 0.1) is 0 Å². The molecule has 1 rings (SSSR count). The summed E-state index contributed by atoms with van der Waals surface area (Å²) in [6, 6.07) is 1.80. The minimum absolute atomic E-state index is 0.420. The van der Waals surface area contributed by atoms with E-state index < -0.39 is 8.07 Å². The molecule has 1 heterocycles. The average Bonchev–Trinajstić information content (AvgIpc) is 2.24. The van der Waals surface area contributed by atoms with Crippen LogP contribution in [0.4, 0.5) is 0 Å². The fraction of sp³-hybridized carbons (Fsp3) is 0.900. The molecule has 76 valence electrons. The molecule has 0 spiro atoms. The molecule has 1 aliphatic rings. The summed E-state index contributed by atoms with van der Waals surface area (Å²) in [7, 11) is -0.929. The van der Waals surface area contributed by atoms with E-state index in [4.69, 9.17) is 0 Å². The van der Waals surface area contributed by atoms with E-state index in [1.165, 1.54) is 6.04 Å². The van der Waals surface area contributed by atoms with Crippen molar-refractivity contribution in [1.82, 2.24) is 4.90 Å². The molecule has 13 heavy (non-hydrogen) atoms. The number of hydrogen-bond acceptors (Lipinski definition) is 2. The maximum atomic E-state index is 11.2. The molecule has 0 radical (unpaired) electrons. The van der Waals surface area contributed by atoms with Gasteiger partial charge in [0, 0.05) is 20.5 Å². The molecule has 0 N–H and O–H groups in total. The van der Waals surface area contributed by atoms with Crippen LogP contribution >= 0.6 is 0 Å². The van der Waals surface area contributed by atoms with Gasteiger partial charge in [-0.15, -0.1) is 0 Å². The quantitative estimate of drug-likeness (QED) is 0.648. The molecule has 1 atom stereocenters. The van der Waals surface area contributed by atoms with Gasteiger partial charge in [-0.1, -0.05) is 19.6 Å². The van der Waals surface area contributed by atoms with Gasteiger partial charge in [0.15, 0.2) is 0 Å². The molecule has 0 aromatic heterocycles. The molecule has 0 aromatic carbocycles. The van der Waals surface area contributed by atoms with Crippen LogP contribution in [0.2, 0.25) is 25.7 Å². The number of likely N-dealkylation sites (tertiary alicyclic amines) is 1. The summed E-state index contributed by atoms with van der Waals surface area (Å²) in [5.41, 5.74) is 0. The van der Waals surface area contributed by atoms with Gasteiger partial charge in [0.1, 0.15) is 5.78 Å². The second-order valence-electron chi connectivity index (χ2n) is 5.37. The van der Waals surface area contributed by atoms with Gasteiger partial charge in [0.2, 0.25) is 0 Å². The number of nitrogens with zero attached hydrogens (tertiary/aromatic N) is 1. The molecule has 0 amide bonds. The topological polar surface area (TPSA) is 20.3 Å². The second kappa shape index (κ2) is 3.92. The van der Waals surface area contributed by atoms with Crippen LogP contribution in [0.25, 0.3) is 0 Å². The standard InChI is InChI=1S/C10H21NOSi/c1-9-7-10(12)8-11(9)5-6-13(2,3)4/h9H,5-8H2,1-4H3. The fourth-order valence-electron chi connectivity index (χ4n) is 1.68. The summed E-state index contributed by atoms with van der Waals surface area (Å²) in [5.74, 6) is 0.420. The Morgan fingerprint density at radius 2 is 2.08 bits per heavy atom. The lowest BCUT2D eigenvalue weighted by molar-refractivity contribution is -0.116. The minimum atomic E-state index is -0.929. The number of carbonyl (C=O) groups excluding carboxylic acids is 1. The van der Waals surface area contributed by atoms with Gasteiger partial charge in [-0.05, 0) is 19.5 Å². The maximum Gasteiger partial charge on any atom is 0.148 e. The van der Waals surface area contributed by atoms with E-state index in [0.717, 1.165) is 13.0 Å². The van der Waals surface area contributed by atoms with Gasteiger partial charge < -0.3 is 0 Å². The first-order valence-corrected chi connectivity index (χ1v) is 8.85. The Hall–Kier alpha value is -0.153. The smallest absolute Gasteiger partial charge is 0.148 e. The van der Waals surface area contributed by atoms with Crippen LogP contribution in [0.15, 0.2) is 0 Å². The van der Waals surface area contributed by atoms with Crippen molar-refractivity contribution in [3.63, 3.8) is 0 Å². The summed E-state index contributed by atoms with van der Waals surface area (Å²) in [4.78, 5) is 13.5. The number of ketones is 1. The van der Waals surface area contributed by atoms with Crippen molar-refractivity contribution in [2.45, 2.75) is 45.1 Å². The molecule has 1 fully saturated rings. The van der Waals surface area contributed by atoms with E-state index in [0.29, 0.717) is 18.4 Å². The molecular weight excluding hydrogens is 178 g/mol. The Bertz CT molecular complexity index is 198. The summed E-state index contributed by atoms with van der Waals surface area (Å²) in [5, 5.41) is 0. The maximum absolute atomic E-state index is 11.2. The van der Waals surface area contributed by atoms with Crippen molar-refractivity contribution < 1.29 is 4.79 Å². The van der Waals surface area contributed by atoms with Gasteiger partial charge in [0.25, 0.3) is 0 Å². The third-order valence-corrected chi connectivity index (χ3v) is 4.40. The molecule has 0 aliphatic carbocycles. The summed E-state index contributed by atoms with van der Waals surface area (Å²) < 4.78 is 0. The lowest BCUT2D eigenvalue weighted by Gasteiger charge is -2.24. The number of carbonyl (C=O) groups is 1. The average molecular weight is 199 g/mol. The van der Waals surface area contributed by atoms with Gasteiger partial charge in [0.05, 0.1) is 6.54 Å². The Morgan fingerprint density at radius 3 is 2.46 bits per heavy atom. The zero-order chi connectivity index (χ0) is 10.1. The molecule has 1 aliphatic heterocycles. The zero-order valence-electron chi connectivity index (χ0n) is 9.26. The van der Waals surface area contributed by atoms with Crippen LogP contribution in [0.1, 0.15) is 13.3 Å². The van der Waals surface area contributed by atoms with Crippen molar-refractivity contribution in [1.29, 1.82) is 0 Å². The van der Waals surface area contributed by atoms with Gasteiger partial charge in [-0.25, -0.2) is 0 Å². The van der Waals surface area contributed by atoms with E-state index in [1.54, 1.807) is 0 Å². The van der Waals surface area contributed by atoms with Crippen molar-refractivity contribution in [2.24, 2.45) is 0 Å². The number of hydrogen-bond donors (Lipinski definition) is 0. The molecule has 2 nitrogen and oxygen atoms in total. The molecule has 1 unspecified atom stereocenters. The molecule has 0 aromatic rings. The van der Waals surface area contributed by atoms with Crippen LogP contribution in [0.5, 0.6) is 0 Å². The molecule has 1 saturated heterocycles. The molecule has 0 bridgehead atoms. The molecule has 0 saturated carbocycles. The Kier molecular flexibility index (Phi) is 3.30. The fourth-order valence-corrected chi connectivity index (χ4v) is 2.64. The predicted octanol–water partition coefficient (Wildman–Crippen LogP) is 1.99. The normalized spacial score (nSPS) is 25.5. The third kappa shape index (κ3) is 3.61. The largest absolute Gasteiger partial charge is 0.298 e. The zero-order valence-corrected chi connectivity index (χ0v) is 10.3. The monoisotopic (exact) mass is 199 g/mol. The second-order valence-corrected chi connectivity index (χ2v) is 11.0. The summed E-state index contributed by atoms with van der Waals surface area (Å²) >= 11 is 0. The van der Waals surface area contributed by atoms with Gasteiger partial charge in [-0.3, -0.25) is 9.69 Å². The van der Waals surface area contributed by atoms with Crippen molar-refractivity contribution >= 4 is 13.9 Å². The van der Waals surface area contributed by atoms with E-state index in [9.17, 15) is 4.79 Å². The SMILES string of the molecule is CC1CC(=O)CN1CC[Si](C)(C)C. The van der Waals surface area contributed by atoms with E-state index >= 15 is 0 Å². The van der Waals surface area contributed by atoms with Crippen LogP contribution in [-0.4, -0.2) is 37.9 Å². The third-order valence-electron chi connectivity index (χ3n) is 2.67. The number of rotatable bonds is 3. The number of Topliss-reactive ketones (excluding diaryl/α,β-unsaturated/α-hetero) is 1. The molecule has 3 heteroatoms. The summed E-state index contributed by atoms with van der Waals surface area (Å²) in [6.45, 7) is 11.1. The van der Waals surface area contributed by atoms with Crippen LogP contribution in [0.3, 0.4) is 0 Å². The van der Waals surface area contributed by atoms with Crippen molar-refractivity contribution in [2.75, 3.05) is 13.1 Å². The highest BCUT2D eigenvalue weighted by Crippen LogP contribution is 2.17. The lowest BCUT2D eigenvalue weighted by Crippen LogP contribution is -2.33. The van der Waals surface area contributed by atoms with E-state index in [1.807, 2.05) is 0 Å². The van der Waals surface area contributed by atoms with Crippen molar-refractivity contribution in [3.8, 4) is 0 Å². The Balaban J connectivity index is 2.34. The Labute approximate surface area is 82.3 Å². The van der Waals surface area contributed by atoms with E-state index in [2.05, 4.69) is 31.5 Å². The lowest BCUT2D eigenvalue weighted by atomic mass is 10.2. The highest BCUT2D eigenvalue weighted by Gasteiger charge is 2.27. The van der Waals surface area contributed by atoms with E-state index in [-0.39, 0.29) is 0 Å². The predicted molar refractivity (Wildman–Crippen MR) is 58.8 cm³/mol. The van der Waals surface area contributed by atoms with Crippen molar-refractivity contribution in [3.05, 3.63) is 0 Å². The van der Waals surface area contributed by atoms with Gasteiger partial charge in [-0.2, -0.15) is 0 Å². The van der Waals surface area contributed by atoms with Crippen LogP contribution < -0.4 is 0 Å². The molecular formula is C10H21NOSi. The Morgan fingerprint density at radius 1 is 1.46 bits per heavy atom. The first kappa shape index (κ1) is 10.9.